The molecule has 1 aromatic rings. The summed E-state index contributed by atoms with van der Waals surface area (Å²) in [5, 5.41) is 0. The third-order valence-corrected chi connectivity index (χ3v) is 2.32. The van der Waals surface area contributed by atoms with Crippen molar-refractivity contribution >= 4 is 21.7 Å². The van der Waals surface area contributed by atoms with Crippen LogP contribution in [0, 0.1) is 18.2 Å². The number of hydrogen-bond donors (Lipinski definition) is 0. The fraction of sp³-hybridized carbons (Fsp3) is 0.100. The minimum Gasteiger partial charge on any atom is -0.293 e. The minimum absolute atomic E-state index is 0.0119. The fourth-order valence-electron chi connectivity index (χ4n) is 0.907. The lowest BCUT2D eigenvalue weighted by molar-refractivity contribution is 0.0997. The predicted molar refractivity (Wildman–Crippen MR) is 51.9 cm³/mol. The van der Waals surface area contributed by atoms with E-state index in [1.807, 2.05) is 0 Å². The minimum atomic E-state index is -0.456. The summed E-state index contributed by atoms with van der Waals surface area (Å²) in [7, 11) is 0. The summed E-state index contributed by atoms with van der Waals surface area (Å²) < 4.78 is 13.1. The van der Waals surface area contributed by atoms with Gasteiger partial charge in [-0.05, 0) is 22.0 Å². The summed E-state index contributed by atoms with van der Waals surface area (Å²) in [5.41, 5.74) is 0.290. The van der Waals surface area contributed by atoms with Gasteiger partial charge in [0.05, 0.1) is 10.9 Å². The Labute approximate surface area is 84.1 Å². The molecule has 1 nitrogen and oxygen atoms in total. The van der Waals surface area contributed by atoms with Crippen molar-refractivity contribution < 1.29 is 9.18 Å². The summed E-state index contributed by atoms with van der Waals surface area (Å²) in [4.78, 5) is 11.3. The molecule has 0 amide bonds. The third kappa shape index (κ3) is 2.16. The smallest absolute Gasteiger partial charge is 0.175 e. The number of carbonyl (C=O) groups excluding carboxylic acids is 1. The summed E-state index contributed by atoms with van der Waals surface area (Å²) >= 11 is 2.99. The van der Waals surface area contributed by atoms with Gasteiger partial charge in [0.25, 0.3) is 0 Å². The third-order valence-electron chi connectivity index (χ3n) is 1.51. The zero-order valence-corrected chi connectivity index (χ0v) is 8.27. The second kappa shape index (κ2) is 4.20. The quantitative estimate of drug-likeness (QED) is 0.574. The Hall–Kier alpha value is -1.14. The van der Waals surface area contributed by atoms with Gasteiger partial charge in [-0.15, -0.1) is 6.42 Å². The van der Waals surface area contributed by atoms with E-state index in [1.165, 1.54) is 18.2 Å². The largest absolute Gasteiger partial charge is 0.293 e. The van der Waals surface area contributed by atoms with Crippen molar-refractivity contribution in [2.75, 3.05) is 0 Å². The Morgan fingerprint density at radius 3 is 2.92 bits per heavy atom. The number of terminal acetylenes is 1. The first-order chi connectivity index (χ1) is 6.16. The van der Waals surface area contributed by atoms with Crippen LogP contribution in [0.3, 0.4) is 0 Å². The molecule has 0 spiro atoms. The molecular weight excluding hydrogens is 235 g/mol. The number of rotatable bonds is 2. The van der Waals surface area contributed by atoms with Crippen molar-refractivity contribution in [3.63, 3.8) is 0 Å². The van der Waals surface area contributed by atoms with Crippen molar-refractivity contribution in [3.05, 3.63) is 34.1 Å². The van der Waals surface area contributed by atoms with Gasteiger partial charge in [-0.1, -0.05) is 18.1 Å². The first kappa shape index (κ1) is 9.94. The molecule has 0 unspecified atom stereocenters. The van der Waals surface area contributed by atoms with Crippen LogP contribution in [0.25, 0.3) is 0 Å². The van der Waals surface area contributed by atoms with E-state index in [-0.39, 0.29) is 22.2 Å². The van der Waals surface area contributed by atoms with Gasteiger partial charge in [-0.25, -0.2) is 4.39 Å². The van der Waals surface area contributed by atoms with Crippen molar-refractivity contribution in [3.8, 4) is 12.3 Å². The van der Waals surface area contributed by atoms with Crippen LogP contribution in [-0.4, -0.2) is 5.78 Å². The Bertz CT molecular complexity index is 379. The number of Topliss-reactive ketones (excluding diaryl/α,β-unsaturated/α-hetero) is 1. The average Bonchev–Trinajstić information content (AvgIpc) is 2.10. The molecule has 0 bridgehead atoms. The molecule has 0 saturated heterocycles. The van der Waals surface area contributed by atoms with Crippen LogP contribution in [0.15, 0.2) is 22.7 Å². The van der Waals surface area contributed by atoms with Crippen LogP contribution < -0.4 is 0 Å². The lowest BCUT2D eigenvalue weighted by Gasteiger charge is -2.00. The van der Waals surface area contributed by atoms with Crippen LogP contribution in [0.2, 0.25) is 0 Å². The second-order valence-electron chi connectivity index (χ2n) is 2.41. The first-order valence-corrected chi connectivity index (χ1v) is 4.36. The molecule has 0 aliphatic carbocycles. The molecule has 1 rings (SSSR count). The van der Waals surface area contributed by atoms with Crippen LogP contribution in [0.1, 0.15) is 16.8 Å². The Morgan fingerprint density at radius 1 is 1.62 bits per heavy atom. The molecular formula is C10H6BrFO. The molecule has 1 aromatic carbocycles. The summed E-state index contributed by atoms with van der Waals surface area (Å²) in [6.45, 7) is 0. The maximum atomic E-state index is 12.9. The van der Waals surface area contributed by atoms with E-state index in [4.69, 9.17) is 6.42 Å². The molecule has 0 saturated carbocycles. The maximum absolute atomic E-state index is 12.9. The van der Waals surface area contributed by atoms with E-state index in [2.05, 4.69) is 21.9 Å². The van der Waals surface area contributed by atoms with Crippen molar-refractivity contribution in [1.29, 1.82) is 0 Å². The number of benzene rings is 1. The Morgan fingerprint density at radius 2 is 2.31 bits per heavy atom. The fourth-order valence-corrected chi connectivity index (χ4v) is 1.39. The van der Waals surface area contributed by atoms with Gasteiger partial charge >= 0.3 is 0 Å². The normalized spacial score (nSPS) is 9.31. The highest BCUT2D eigenvalue weighted by Gasteiger charge is 2.11. The van der Waals surface area contributed by atoms with E-state index in [1.54, 1.807) is 0 Å². The van der Waals surface area contributed by atoms with Gasteiger partial charge in [-0.3, -0.25) is 4.79 Å². The van der Waals surface area contributed by atoms with Gasteiger partial charge in [-0.2, -0.15) is 0 Å². The molecule has 13 heavy (non-hydrogen) atoms. The van der Waals surface area contributed by atoms with Crippen LogP contribution in [-0.2, 0) is 0 Å². The monoisotopic (exact) mass is 240 g/mol. The van der Waals surface area contributed by atoms with E-state index >= 15 is 0 Å². The van der Waals surface area contributed by atoms with Crippen molar-refractivity contribution in [2.45, 2.75) is 6.42 Å². The Balaban J connectivity index is 3.09. The molecule has 0 atom stereocenters. The lowest BCUT2D eigenvalue weighted by atomic mass is 10.1. The Kier molecular flexibility index (Phi) is 3.21. The molecule has 0 aromatic heterocycles. The SMILES string of the molecule is C#CCC(=O)c1cccc(F)c1Br. The predicted octanol–water partition coefficient (Wildman–Crippen LogP) is 2.79. The zero-order valence-electron chi connectivity index (χ0n) is 6.68. The molecule has 0 aliphatic heterocycles. The van der Waals surface area contributed by atoms with Crippen LogP contribution >= 0.6 is 15.9 Å². The maximum Gasteiger partial charge on any atom is 0.175 e. The highest BCUT2D eigenvalue weighted by Crippen LogP contribution is 2.21. The first-order valence-electron chi connectivity index (χ1n) is 3.57. The van der Waals surface area contributed by atoms with E-state index < -0.39 is 5.82 Å². The highest BCUT2D eigenvalue weighted by molar-refractivity contribution is 9.10. The van der Waals surface area contributed by atoms with Crippen molar-refractivity contribution in [1.82, 2.24) is 0 Å². The van der Waals surface area contributed by atoms with Gasteiger partial charge < -0.3 is 0 Å². The zero-order chi connectivity index (χ0) is 9.84. The summed E-state index contributed by atoms with van der Waals surface area (Å²) in [6.07, 6.45) is 4.96. The number of carbonyl (C=O) groups is 1. The molecule has 0 radical (unpaired) electrons. The van der Waals surface area contributed by atoms with Gasteiger partial charge in [0.15, 0.2) is 5.78 Å². The number of halogens is 2. The lowest BCUT2D eigenvalue weighted by Crippen LogP contribution is -1.99. The van der Waals surface area contributed by atoms with Crippen LogP contribution in [0.4, 0.5) is 4.39 Å². The topological polar surface area (TPSA) is 17.1 Å². The number of ketones is 1. The summed E-state index contributed by atoms with van der Waals surface area (Å²) in [6, 6.07) is 4.29. The van der Waals surface area contributed by atoms with E-state index in [0.717, 1.165) is 0 Å². The average molecular weight is 241 g/mol. The molecule has 0 fully saturated rings. The van der Waals surface area contributed by atoms with Gasteiger partial charge in [0.2, 0.25) is 0 Å². The molecule has 66 valence electrons. The molecule has 3 heteroatoms. The standard InChI is InChI=1S/C10H6BrFO/c1-2-4-9(13)7-5-3-6-8(12)10(7)11/h1,3,5-6H,4H2. The van der Waals surface area contributed by atoms with Crippen LogP contribution in [0.5, 0.6) is 0 Å². The van der Waals surface area contributed by atoms with Gasteiger partial charge in [0.1, 0.15) is 5.82 Å². The van der Waals surface area contributed by atoms with E-state index in [9.17, 15) is 9.18 Å². The second-order valence-corrected chi connectivity index (χ2v) is 3.20. The van der Waals surface area contributed by atoms with Crippen molar-refractivity contribution in [2.24, 2.45) is 0 Å². The molecule has 0 N–H and O–H groups in total. The number of hydrogen-bond acceptors (Lipinski definition) is 1. The molecule has 0 aliphatic rings. The highest BCUT2D eigenvalue weighted by atomic mass is 79.9. The summed E-state index contributed by atoms with van der Waals surface area (Å²) in [5.74, 6) is 1.51. The molecule has 0 heterocycles. The van der Waals surface area contributed by atoms with E-state index in [0.29, 0.717) is 0 Å². The van der Waals surface area contributed by atoms with Gasteiger partial charge in [0, 0.05) is 5.56 Å².